The van der Waals surface area contributed by atoms with E-state index in [1.165, 1.54) is 44.7 Å². The molecule has 0 amide bonds. The molecular weight excluding hydrogens is 280 g/mol. The summed E-state index contributed by atoms with van der Waals surface area (Å²) in [6.45, 7) is 2.57. The van der Waals surface area contributed by atoms with Crippen LogP contribution in [0.2, 0.25) is 0 Å². The summed E-state index contributed by atoms with van der Waals surface area (Å²) in [5.41, 5.74) is 1.11. The molecule has 0 atom stereocenters. The minimum atomic E-state index is -1.15. The first-order valence-corrected chi connectivity index (χ1v) is 8.34. The molecule has 0 radical (unpaired) electrons. The largest absolute Gasteiger partial charge is 0.477 e. The quantitative estimate of drug-likeness (QED) is 0.841. The Morgan fingerprint density at radius 2 is 2.00 bits per heavy atom. The number of H-pyrrole nitrogens is 1. The monoisotopic (exact) mass is 304 g/mol. The average molecular weight is 304 g/mol. The van der Waals surface area contributed by atoms with Gasteiger partial charge >= 0.3 is 5.97 Å². The molecule has 2 N–H and O–H groups in total. The van der Waals surface area contributed by atoms with E-state index in [2.05, 4.69) is 9.88 Å². The lowest BCUT2D eigenvalue weighted by Gasteiger charge is -2.31. The van der Waals surface area contributed by atoms with Gasteiger partial charge in [0.15, 0.2) is 0 Å². The van der Waals surface area contributed by atoms with Crippen molar-refractivity contribution in [3.05, 3.63) is 33.2 Å². The van der Waals surface area contributed by atoms with Gasteiger partial charge in [-0.1, -0.05) is 25.7 Å². The van der Waals surface area contributed by atoms with E-state index >= 15 is 0 Å². The van der Waals surface area contributed by atoms with Crippen LogP contribution in [0, 0.1) is 5.92 Å². The van der Waals surface area contributed by atoms with Gasteiger partial charge in [0.25, 0.3) is 0 Å². The number of carboxylic acid groups (broad SMARTS) is 1. The number of carbonyl (C=O) groups is 1. The highest BCUT2D eigenvalue weighted by Crippen LogP contribution is 2.25. The molecule has 120 valence electrons. The number of nitrogens with one attached hydrogen (secondary N) is 1. The lowest BCUT2D eigenvalue weighted by molar-refractivity contribution is 0.0694. The normalized spacial score (nSPS) is 20.4. The second-order valence-corrected chi connectivity index (χ2v) is 6.64. The Morgan fingerprint density at radius 3 is 2.68 bits per heavy atom. The van der Waals surface area contributed by atoms with Gasteiger partial charge in [-0.05, 0) is 18.8 Å². The molecule has 0 bridgehead atoms. The van der Waals surface area contributed by atoms with E-state index in [1.807, 2.05) is 0 Å². The smallest absolute Gasteiger partial charge is 0.341 e. The van der Waals surface area contributed by atoms with Crippen LogP contribution in [0.4, 0.5) is 0 Å². The lowest BCUT2D eigenvalue weighted by Crippen LogP contribution is -2.38. The fourth-order valence-electron chi connectivity index (χ4n) is 3.80. The number of rotatable bonds is 3. The summed E-state index contributed by atoms with van der Waals surface area (Å²) < 4.78 is 0. The molecule has 0 saturated heterocycles. The summed E-state index contributed by atoms with van der Waals surface area (Å²) in [5.74, 6) is -0.421. The number of hydrogen-bond donors (Lipinski definition) is 2. The zero-order chi connectivity index (χ0) is 15.5. The van der Waals surface area contributed by atoms with E-state index in [4.69, 9.17) is 5.11 Å². The van der Waals surface area contributed by atoms with Crippen molar-refractivity contribution in [1.82, 2.24) is 9.88 Å². The fourth-order valence-corrected chi connectivity index (χ4v) is 3.80. The number of pyridine rings is 1. The van der Waals surface area contributed by atoms with Gasteiger partial charge in [0, 0.05) is 43.5 Å². The third-order valence-electron chi connectivity index (χ3n) is 5.06. The average Bonchev–Trinajstić information content (AvgIpc) is 2.76. The summed E-state index contributed by atoms with van der Waals surface area (Å²) in [7, 11) is 0. The Kier molecular flexibility index (Phi) is 4.62. The first-order valence-electron chi connectivity index (χ1n) is 8.34. The molecule has 5 heteroatoms. The number of aromatic nitrogens is 1. The lowest BCUT2D eigenvalue weighted by atomic mass is 9.97. The van der Waals surface area contributed by atoms with Crippen LogP contribution in [0.15, 0.2) is 11.0 Å². The van der Waals surface area contributed by atoms with Crippen LogP contribution in [0.1, 0.15) is 60.1 Å². The minimum Gasteiger partial charge on any atom is -0.477 e. The van der Waals surface area contributed by atoms with E-state index in [0.29, 0.717) is 12.1 Å². The predicted octanol–water partition coefficient (Wildman–Crippen LogP) is 2.40. The van der Waals surface area contributed by atoms with Gasteiger partial charge in [0.05, 0.1) is 0 Å². The summed E-state index contributed by atoms with van der Waals surface area (Å²) in [6.07, 6.45) is 10.0. The SMILES string of the molecule is O=C(O)c1c[nH]c2c(c1=O)CN(CC1CCCCCC1)CC2. The van der Waals surface area contributed by atoms with E-state index in [-0.39, 0.29) is 11.0 Å². The van der Waals surface area contributed by atoms with E-state index in [9.17, 15) is 9.59 Å². The van der Waals surface area contributed by atoms with Gasteiger partial charge in [-0.2, -0.15) is 0 Å². The maximum atomic E-state index is 12.3. The molecule has 0 unspecified atom stereocenters. The molecule has 2 heterocycles. The third-order valence-corrected chi connectivity index (χ3v) is 5.06. The Bertz CT molecular complexity index is 600. The molecule has 0 aromatic carbocycles. The van der Waals surface area contributed by atoms with Crippen molar-refractivity contribution in [2.24, 2.45) is 5.92 Å². The second-order valence-electron chi connectivity index (χ2n) is 6.64. The Morgan fingerprint density at radius 1 is 1.27 bits per heavy atom. The molecule has 22 heavy (non-hydrogen) atoms. The molecule has 5 nitrogen and oxygen atoms in total. The predicted molar refractivity (Wildman–Crippen MR) is 84.2 cm³/mol. The molecule has 1 aromatic rings. The Hall–Kier alpha value is -1.62. The number of hydrogen-bond acceptors (Lipinski definition) is 3. The molecule has 1 aliphatic carbocycles. The van der Waals surface area contributed by atoms with Crippen molar-refractivity contribution in [2.75, 3.05) is 13.1 Å². The van der Waals surface area contributed by atoms with Crippen LogP contribution in [-0.4, -0.2) is 34.0 Å². The van der Waals surface area contributed by atoms with Crippen molar-refractivity contribution in [1.29, 1.82) is 0 Å². The van der Waals surface area contributed by atoms with Crippen molar-refractivity contribution < 1.29 is 9.90 Å². The van der Waals surface area contributed by atoms with Crippen molar-refractivity contribution in [3.63, 3.8) is 0 Å². The van der Waals surface area contributed by atoms with Gasteiger partial charge in [-0.25, -0.2) is 4.79 Å². The van der Waals surface area contributed by atoms with E-state index < -0.39 is 5.97 Å². The highest BCUT2D eigenvalue weighted by Gasteiger charge is 2.24. The molecular formula is C17H24N2O3. The number of aromatic carboxylic acids is 1. The molecule has 1 aliphatic heterocycles. The maximum absolute atomic E-state index is 12.3. The summed E-state index contributed by atoms with van der Waals surface area (Å²) in [5, 5.41) is 9.09. The Balaban J connectivity index is 1.73. The molecule has 1 aromatic heterocycles. The third kappa shape index (κ3) is 3.24. The Labute approximate surface area is 130 Å². The zero-order valence-corrected chi connectivity index (χ0v) is 12.9. The van der Waals surface area contributed by atoms with Crippen LogP contribution < -0.4 is 5.43 Å². The van der Waals surface area contributed by atoms with Crippen molar-refractivity contribution in [2.45, 2.75) is 51.5 Å². The van der Waals surface area contributed by atoms with Gasteiger partial charge in [-0.3, -0.25) is 9.69 Å². The summed E-state index contributed by atoms with van der Waals surface area (Å²) in [6, 6.07) is 0. The van der Waals surface area contributed by atoms with Gasteiger partial charge in [0.2, 0.25) is 5.43 Å². The van der Waals surface area contributed by atoms with Gasteiger partial charge in [0.1, 0.15) is 5.56 Å². The molecule has 1 saturated carbocycles. The molecule has 0 spiro atoms. The summed E-state index contributed by atoms with van der Waals surface area (Å²) in [4.78, 5) is 28.8. The van der Waals surface area contributed by atoms with Gasteiger partial charge in [-0.15, -0.1) is 0 Å². The summed E-state index contributed by atoms with van der Waals surface area (Å²) >= 11 is 0. The second kappa shape index (κ2) is 6.65. The maximum Gasteiger partial charge on any atom is 0.341 e. The molecule has 2 aliphatic rings. The van der Waals surface area contributed by atoms with E-state index in [1.54, 1.807) is 0 Å². The van der Waals surface area contributed by atoms with Crippen LogP contribution >= 0.6 is 0 Å². The standard InChI is InChI=1S/C17H24N2O3/c20-16-13(17(21)22)9-18-15-7-8-19(11-14(15)16)10-12-5-3-1-2-4-6-12/h9,12H,1-8,10-11H2,(H,18,20)(H,21,22). The van der Waals surface area contributed by atoms with Crippen LogP contribution in [0.25, 0.3) is 0 Å². The highest BCUT2D eigenvalue weighted by atomic mass is 16.4. The topological polar surface area (TPSA) is 73.4 Å². The van der Waals surface area contributed by atoms with Crippen molar-refractivity contribution >= 4 is 5.97 Å². The minimum absolute atomic E-state index is 0.143. The number of aromatic amines is 1. The zero-order valence-electron chi connectivity index (χ0n) is 12.9. The fraction of sp³-hybridized carbons (Fsp3) is 0.647. The van der Waals surface area contributed by atoms with Crippen molar-refractivity contribution in [3.8, 4) is 0 Å². The first-order chi connectivity index (χ1) is 10.6. The molecule has 3 rings (SSSR count). The number of carboxylic acids is 1. The number of nitrogens with zero attached hydrogens (tertiary/aromatic N) is 1. The van der Waals surface area contributed by atoms with Crippen LogP contribution in [-0.2, 0) is 13.0 Å². The van der Waals surface area contributed by atoms with E-state index in [0.717, 1.165) is 31.1 Å². The number of fused-ring (bicyclic) bond motifs is 1. The van der Waals surface area contributed by atoms with Crippen LogP contribution in [0.3, 0.4) is 0 Å². The van der Waals surface area contributed by atoms with Gasteiger partial charge < -0.3 is 10.1 Å². The first kappa shape index (κ1) is 15.3. The molecule has 1 fully saturated rings. The highest BCUT2D eigenvalue weighted by molar-refractivity contribution is 5.87. The van der Waals surface area contributed by atoms with Crippen LogP contribution in [0.5, 0.6) is 0 Å².